The largest absolute Gasteiger partial charge is 0.481 e. The van der Waals surface area contributed by atoms with Gasteiger partial charge in [-0.2, -0.15) is 0 Å². The van der Waals surface area contributed by atoms with Crippen molar-refractivity contribution in [2.75, 3.05) is 0 Å². The van der Waals surface area contributed by atoms with Crippen molar-refractivity contribution in [3.63, 3.8) is 0 Å². The van der Waals surface area contributed by atoms with E-state index in [2.05, 4.69) is 5.32 Å². The Morgan fingerprint density at radius 2 is 1.89 bits per heavy atom. The van der Waals surface area contributed by atoms with Crippen molar-refractivity contribution < 1.29 is 24.2 Å². The number of ether oxygens (including phenoxy) is 2. The van der Waals surface area contributed by atoms with Crippen molar-refractivity contribution in [2.45, 2.75) is 44.6 Å². The Labute approximate surface area is 105 Å². The van der Waals surface area contributed by atoms with Crippen molar-refractivity contribution >= 4 is 12.1 Å². The van der Waals surface area contributed by atoms with E-state index >= 15 is 0 Å². The van der Waals surface area contributed by atoms with Crippen LogP contribution in [0.1, 0.15) is 20.8 Å². The summed E-state index contributed by atoms with van der Waals surface area (Å²) in [6, 6.07) is -0.577. The van der Waals surface area contributed by atoms with Crippen LogP contribution in [-0.4, -0.2) is 41.0 Å². The minimum atomic E-state index is -0.979. The molecule has 0 aromatic rings. The maximum atomic E-state index is 11.7. The first-order valence-electron chi connectivity index (χ1n) is 5.84. The van der Waals surface area contributed by atoms with Gasteiger partial charge in [-0.3, -0.25) is 4.79 Å². The van der Waals surface area contributed by atoms with Crippen LogP contribution in [0.4, 0.5) is 4.79 Å². The highest BCUT2D eigenvalue weighted by molar-refractivity contribution is 5.76. The molecule has 0 aliphatic carbocycles. The number of alkyl carbamates (subject to hydrolysis) is 1. The highest BCUT2D eigenvalue weighted by Gasteiger charge is 2.50. The number of nitrogens with one attached hydrogen (secondary N) is 1. The van der Waals surface area contributed by atoms with Crippen LogP contribution >= 0.6 is 0 Å². The van der Waals surface area contributed by atoms with Crippen molar-refractivity contribution in [1.29, 1.82) is 0 Å². The van der Waals surface area contributed by atoms with Crippen molar-refractivity contribution in [3.05, 3.63) is 12.2 Å². The third kappa shape index (κ3) is 2.48. The number of hydrogen-bond donors (Lipinski definition) is 2. The first kappa shape index (κ1) is 12.9. The zero-order chi connectivity index (χ0) is 13.5. The van der Waals surface area contributed by atoms with Crippen LogP contribution in [0.3, 0.4) is 0 Å². The summed E-state index contributed by atoms with van der Waals surface area (Å²) in [5.41, 5.74) is -0.614. The van der Waals surface area contributed by atoms with Crippen molar-refractivity contribution in [2.24, 2.45) is 5.92 Å². The molecule has 1 saturated heterocycles. The van der Waals surface area contributed by atoms with Gasteiger partial charge in [0.2, 0.25) is 0 Å². The average molecular weight is 255 g/mol. The lowest BCUT2D eigenvalue weighted by molar-refractivity contribution is -0.143. The van der Waals surface area contributed by atoms with Crippen LogP contribution < -0.4 is 5.32 Å². The summed E-state index contributed by atoms with van der Waals surface area (Å²) in [6.45, 7) is 5.25. The first-order chi connectivity index (χ1) is 8.28. The highest BCUT2D eigenvalue weighted by atomic mass is 16.6. The SMILES string of the molecule is CC(C)(C)OC(=O)NC1C2C=CC(O2)C1C(=O)O. The Morgan fingerprint density at radius 1 is 1.28 bits per heavy atom. The molecule has 1 fully saturated rings. The first-order valence-corrected chi connectivity index (χ1v) is 5.84. The van der Waals surface area contributed by atoms with E-state index in [1.807, 2.05) is 0 Å². The van der Waals surface area contributed by atoms with E-state index in [1.54, 1.807) is 32.9 Å². The standard InChI is InChI=1S/C12H17NO5/c1-12(2,3)18-11(16)13-9-7-5-4-6(17-7)8(9)10(14)15/h4-9H,1-3H3,(H,13,16)(H,14,15). The average Bonchev–Trinajstić information content (AvgIpc) is 2.73. The second-order valence-electron chi connectivity index (χ2n) is 5.49. The molecule has 0 saturated carbocycles. The predicted octanol–water partition coefficient (Wildman–Crippen LogP) is 0.918. The maximum absolute atomic E-state index is 11.7. The number of aliphatic carboxylic acids is 1. The molecule has 0 radical (unpaired) electrons. The van der Waals surface area contributed by atoms with E-state index in [-0.39, 0.29) is 6.10 Å². The number of carbonyl (C=O) groups excluding carboxylic acids is 1. The Bertz CT molecular complexity index is 398. The normalized spacial score (nSPS) is 33.5. The van der Waals surface area contributed by atoms with Gasteiger partial charge in [0.1, 0.15) is 11.5 Å². The third-order valence-electron chi connectivity index (χ3n) is 2.87. The van der Waals surface area contributed by atoms with E-state index in [0.717, 1.165) is 0 Å². The fraction of sp³-hybridized carbons (Fsp3) is 0.667. The van der Waals surface area contributed by atoms with Gasteiger partial charge in [-0.1, -0.05) is 12.2 Å². The molecule has 18 heavy (non-hydrogen) atoms. The van der Waals surface area contributed by atoms with Gasteiger partial charge in [0.15, 0.2) is 0 Å². The van der Waals surface area contributed by atoms with Crippen molar-refractivity contribution in [3.8, 4) is 0 Å². The number of carboxylic acid groups (broad SMARTS) is 1. The maximum Gasteiger partial charge on any atom is 0.407 e. The number of carbonyl (C=O) groups is 2. The molecule has 0 spiro atoms. The Morgan fingerprint density at radius 3 is 2.44 bits per heavy atom. The van der Waals surface area contributed by atoms with E-state index in [0.29, 0.717) is 0 Å². The number of hydrogen-bond acceptors (Lipinski definition) is 4. The number of amides is 1. The second-order valence-corrected chi connectivity index (χ2v) is 5.49. The summed E-state index contributed by atoms with van der Waals surface area (Å²) in [4.78, 5) is 22.8. The summed E-state index contributed by atoms with van der Waals surface area (Å²) >= 11 is 0. The molecule has 4 unspecified atom stereocenters. The molecule has 0 aromatic heterocycles. The van der Waals surface area contributed by atoms with Gasteiger partial charge in [-0.25, -0.2) is 4.79 Å². The van der Waals surface area contributed by atoms with Gasteiger partial charge in [0, 0.05) is 0 Å². The summed E-state index contributed by atoms with van der Waals surface area (Å²) in [5.74, 6) is -1.74. The van der Waals surface area contributed by atoms with Crippen LogP contribution in [-0.2, 0) is 14.3 Å². The quantitative estimate of drug-likeness (QED) is 0.717. The summed E-state index contributed by atoms with van der Waals surface area (Å²) < 4.78 is 10.5. The second kappa shape index (κ2) is 4.28. The molecular formula is C12H17NO5. The highest BCUT2D eigenvalue weighted by Crippen LogP contribution is 2.34. The fourth-order valence-electron chi connectivity index (χ4n) is 2.22. The third-order valence-corrected chi connectivity index (χ3v) is 2.87. The molecule has 2 aliphatic heterocycles. The number of fused-ring (bicyclic) bond motifs is 2. The minimum absolute atomic E-state index is 0.386. The van der Waals surface area contributed by atoms with Gasteiger partial charge in [-0.15, -0.1) is 0 Å². The molecule has 6 heteroatoms. The van der Waals surface area contributed by atoms with Gasteiger partial charge in [-0.05, 0) is 20.8 Å². The zero-order valence-corrected chi connectivity index (χ0v) is 10.5. The van der Waals surface area contributed by atoms with Gasteiger partial charge >= 0.3 is 12.1 Å². The van der Waals surface area contributed by atoms with Crippen LogP contribution in [0.15, 0.2) is 12.2 Å². The predicted molar refractivity (Wildman–Crippen MR) is 62.1 cm³/mol. The van der Waals surface area contributed by atoms with Gasteiger partial charge in [0.05, 0.1) is 18.2 Å². The molecule has 2 bridgehead atoms. The summed E-state index contributed by atoms with van der Waals surface area (Å²) in [5, 5.41) is 11.7. The minimum Gasteiger partial charge on any atom is -0.481 e. The van der Waals surface area contributed by atoms with Crippen molar-refractivity contribution in [1.82, 2.24) is 5.32 Å². The number of carboxylic acids is 1. The van der Waals surface area contributed by atoms with Crippen LogP contribution in [0, 0.1) is 5.92 Å². The molecule has 4 atom stereocenters. The van der Waals surface area contributed by atoms with Crippen LogP contribution in [0.2, 0.25) is 0 Å². The summed E-state index contributed by atoms with van der Waals surface area (Å²) in [7, 11) is 0. The molecule has 6 nitrogen and oxygen atoms in total. The zero-order valence-electron chi connectivity index (χ0n) is 10.5. The smallest absolute Gasteiger partial charge is 0.407 e. The topological polar surface area (TPSA) is 84.9 Å². The van der Waals surface area contributed by atoms with Crippen LogP contribution in [0.25, 0.3) is 0 Å². The number of rotatable bonds is 2. The molecule has 1 amide bonds. The van der Waals surface area contributed by atoms with E-state index in [1.165, 1.54) is 0 Å². The summed E-state index contributed by atoms with van der Waals surface area (Å²) in [6.07, 6.45) is 2.02. The van der Waals surface area contributed by atoms with E-state index < -0.39 is 35.7 Å². The molecule has 100 valence electrons. The van der Waals surface area contributed by atoms with Gasteiger partial charge < -0.3 is 19.9 Å². The lowest BCUT2D eigenvalue weighted by Crippen LogP contribution is -2.49. The fourth-order valence-corrected chi connectivity index (χ4v) is 2.22. The lowest BCUT2D eigenvalue weighted by Gasteiger charge is -2.25. The monoisotopic (exact) mass is 255 g/mol. The Balaban J connectivity index is 2.02. The van der Waals surface area contributed by atoms with E-state index in [9.17, 15) is 9.59 Å². The lowest BCUT2D eigenvalue weighted by atomic mass is 9.89. The van der Waals surface area contributed by atoms with Gasteiger partial charge in [0.25, 0.3) is 0 Å². The molecule has 2 heterocycles. The van der Waals surface area contributed by atoms with Crippen LogP contribution in [0.5, 0.6) is 0 Å². The molecule has 2 rings (SSSR count). The molecule has 2 aliphatic rings. The molecule has 0 aromatic carbocycles. The Kier molecular flexibility index (Phi) is 3.06. The molecular weight excluding hydrogens is 238 g/mol. The molecule has 2 N–H and O–H groups in total. The van der Waals surface area contributed by atoms with E-state index in [4.69, 9.17) is 14.6 Å². The Hall–Kier alpha value is -1.56.